The molecule has 1 spiro atoms. The lowest BCUT2D eigenvalue weighted by atomic mass is 9.68. The molecular formula is C128H105N3. The second-order valence-electron chi connectivity index (χ2n) is 35.9. The standard InChI is InChI=1S/C47H39N.C42H35N.C39H31N/c1-3-47(4-2)45-21-12-11-20-43(45)44-31-30-42(33-46(44)47)48(40-26-22-36(23-27-40)34-14-7-5-8-15-34)41-28-24-37(25-29-41)39-19-13-18-38(32-39)35-16-9-6-10-17-35;1-4-14-31(15-5-1)32-22-24-34(25-23-32)43(41-21-11-9-18-36(41)33-16-6-2-7-17-33)35-26-27-38-37-19-8-10-20-39(37)42(40(38)30-35)28-12-3-13-29-42;1-39(2)36-22-11-9-21-34(36)35-25-24-32(27-37(35)39)40(31-19-13-18-30(26-31)28-14-5-3-6-15-28)38-23-12-10-20-33(38)29-16-7-4-8-17-29/h5-33H,3-4H2,1-2H3;1-2,4-11,14-27,30H,3,12-13,28-29H2;3-27H,1-2H3. The van der Waals surface area contributed by atoms with E-state index in [0.29, 0.717) is 0 Å². The number of nitrogens with zero attached hydrogens (tertiary/aromatic N) is 3. The lowest BCUT2D eigenvalue weighted by Crippen LogP contribution is -2.28. The first kappa shape index (κ1) is 82.5. The predicted molar refractivity (Wildman–Crippen MR) is 555 cm³/mol. The third kappa shape index (κ3) is 15.7. The molecule has 0 heterocycles. The predicted octanol–water partition coefficient (Wildman–Crippen LogP) is 35.8. The van der Waals surface area contributed by atoms with E-state index in [-0.39, 0.29) is 16.2 Å². The Hall–Kier alpha value is -15.4. The average molecular weight is 1690 g/mol. The van der Waals surface area contributed by atoms with Crippen LogP contribution in [-0.2, 0) is 16.2 Å². The van der Waals surface area contributed by atoms with Crippen molar-refractivity contribution in [2.75, 3.05) is 14.7 Å². The molecule has 0 saturated heterocycles. The Balaban J connectivity index is 0.000000119. The molecule has 0 bridgehead atoms. The summed E-state index contributed by atoms with van der Waals surface area (Å²) in [6.45, 7) is 9.38. The normalized spacial score (nSPS) is 13.4. The van der Waals surface area contributed by atoms with Crippen LogP contribution in [0.15, 0.2) is 479 Å². The third-order valence-corrected chi connectivity index (χ3v) is 28.3. The first-order valence-electron chi connectivity index (χ1n) is 46.8. The van der Waals surface area contributed by atoms with E-state index >= 15 is 0 Å². The van der Waals surface area contributed by atoms with E-state index in [1.807, 2.05) is 0 Å². The fraction of sp³-hybridized carbons (Fsp3) is 0.109. The molecule has 632 valence electrons. The summed E-state index contributed by atoms with van der Waals surface area (Å²) in [6.07, 6.45) is 8.51. The maximum absolute atomic E-state index is 2.52. The third-order valence-electron chi connectivity index (χ3n) is 28.3. The smallest absolute Gasteiger partial charge is 0.0540 e. The first-order chi connectivity index (χ1) is 64.6. The van der Waals surface area contributed by atoms with Crippen molar-refractivity contribution < 1.29 is 0 Å². The molecule has 0 N–H and O–H groups in total. The van der Waals surface area contributed by atoms with Crippen LogP contribution in [0.3, 0.4) is 0 Å². The summed E-state index contributed by atoms with van der Waals surface area (Å²) in [5.41, 5.74) is 44.6. The summed E-state index contributed by atoms with van der Waals surface area (Å²) in [5, 5.41) is 0. The second-order valence-corrected chi connectivity index (χ2v) is 35.9. The summed E-state index contributed by atoms with van der Waals surface area (Å²) in [5.74, 6) is 0. The zero-order valence-electron chi connectivity index (χ0n) is 74.9. The zero-order chi connectivity index (χ0) is 88.3. The molecule has 19 aromatic carbocycles. The number of para-hydroxylation sites is 2. The van der Waals surface area contributed by atoms with E-state index in [2.05, 4.69) is 522 Å². The quantitative estimate of drug-likeness (QED) is 0.0848. The Labute approximate surface area is 773 Å². The van der Waals surface area contributed by atoms with Gasteiger partial charge in [-0.05, 0) is 262 Å². The molecule has 0 aromatic heterocycles. The Morgan fingerprint density at radius 1 is 0.183 bits per heavy atom. The van der Waals surface area contributed by atoms with Crippen molar-refractivity contribution >= 4 is 51.2 Å². The van der Waals surface area contributed by atoms with Gasteiger partial charge in [-0.2, -0.15) is 0 Å². The van der Waals surface area contributed by atoms with Crippen LogP contribution in [0.1, 0.15) is 106 Å². The van der Waals surface area contributed by atoms with Crippen molar-refractivity contribution in [2.45, 2.75) is 88.9 Å². The van der Waals surface area contributed by atoms with Gasteiger partial charge in [0.2, 0.25) is 0 Å². The van der Waals surface area contributed by atoms with Crippen LogP contribution < -0.4 is 14.7 Å². The highest BCUT2D eigenvalue weighted by Crippen LogP contribution is 2.59. The van der Waals surface area contributed by atoms with E-state index in [9.17, 15) is 0 Å². The summed E-state index contributed by atoms with van der Waals surface area (Å²) in [4.78, 5) is 7.31. The van der Waals surface area contributed by atoms with Gasteiger partial charge in [0.25, 0.3) is 0 Å². The van der Waals surface area contributed by atoms with Crippen LogP contribution in [0, 0.1) is 0 Å². The van der Waals surface area contributed by atoms with E-state index in [0.717, 1.165) is 47.0 Å². The number of hydrogen-bond acceptors (Lipinski definition) is 3. The van der Waals surface area contributed by atoms with Crippen LogP contribution >= 0.6 is 0 Å². The maximum atomic E-state index is 2.52. The lowest BCUT2D eigenvalue weighted by molar-refractivity contribution is 0.353. The molecule has 4 aliphatic carbocycles. The molecule has 3 heteroatoms. The minimum Gasteiger partial charge on any atom is -0.310 e. The minimum absolute atomic E-state index is 0.0123. The molecule has 4 aliphatic rings. The van der Waals surface area contributed by atoms with E-state index in [1.165, 1.54) is 194 Å². The molecule has 1 fully saturated rings. The monoisotopic (exact) mass is 1680 g/mol. The molecule has 3 nitrogen and oxygen atoms in total. The van der Waals surface area contributed by atoms with Crippen LogP contribution in [-0.4, -0.2) is 0 Å². The molecule has 0 radical (unpaired) electrons. The Bertz CT molecular complexity index is 7260. The molecular weight excluding hydrogens is 1580 g/mol. The van der Waals surface area contributed by atoms with Gasteiger partial charge in [-0.1, -0.05) is 423 Å². The van der Waals surface area contributed by atoms with Crippen molar-refractivity contribution in [2.24, 2.45) is 0 Å². The van der Waals surface area contributed by atoms with Crippen molar-refractivity contribution in [3.63, 3.8) is 0 Å². The summed E-state index contributed by atoms with van der Waals surface area (Å²) in [6, 6.07) is 175. The SMILES string of the molecule is CC1(C)c2ccccc2-c2ccc(N(c3cccc(-c4ccccc4)c3)c3ccccc3-c3ccccc3)cc21.CCC1(CC)c2ccccc2-c2ccc(N(c3ccc(-c4ccccc4)cc3)c3ccc(-c4cccc(-c5ccccc5)c4)cc3)cc21.c1ccc(-c2ccc(N(c3ccc4c(c3)C3(CCCCC3)c3ccccc3-4)c3ccccc3-c3ccccc3)cc2)cc1. The van der Waals surface area contributed by atoms with Gasteiger partial charge >= 0.3 is 0 Å². The summed E-state index contributed by atoms with van der Waals surface area (Å²) < 4.78 is 0. The number of hydrogen-bond donors (Lipinski definition) is 0. The van der Waals surface area contributed by atoms with Crippen LogP contribution in [0.5, 0.6) is 0 Å². The molecule has 19 aromatic rings. The van der Waals surface area contributed by atoms with Gasteiger partial charge in [-0.25, -0.2) is 0 Å². The average Bonchev–Trinajstić information content (AvgIpc) is 1.57. The summed E-state index contributed by atoms with van der Waals surface area (Å²) >= 11 is 0. The lowest BCUT2D eigenvalue weighted by Gasteiger charge is -2.36. The Morgan fingerprint density at radius 3 is 0.931 bits per heavy atom. The van der Waals surface area contributed by atoms with Gasteiger partial charge in [0.1, 0.15) is 0 Å². The number of benzene rings is 19. The van der Waals surface area contributed by atoms with E-state index in [1.54, 1.807) is 0 Å². The largest absolute Gasteiger partial charge is 0.310 e. The molecule has 0 amide bonds. The number of rotatable bonds is 18. The number of anilines is 9. The summed E-state index contributed by atoms with van der Waals surface area (Å²) in [7, 11) is 0. The van der Waals surface area contributed by atoms with Crippen molar-refractivity contribution in [1.82, 2.24) is 0 Å². The highest BCUT2D eigenvalue weighted by molar-refractivity contribution is 5.95. The minimum atomic E-state index is -0.0710. The first-order valence-corrected chi connectivity index (χ1v) is 46.8. The fourth-order valence-corrected chi connectivity index (χ4v) is 21.7. The van der Waals surface area contributed by atoms with Gasteiger partial charge in [-0.15, -0.1) is 0 Å². The van der Waals surface area contributed by atoms with Crippen LogP contribution in [0.2, 0.25) is 0 Å². The highest BCUT2D eigenvalue weighted by atomic mass is 15.2. The van der Waals surface area contributed by atoms with Gasteiger partial charge < -0.3 is 14.7 Å². The molecule has 0 atom stereocenters. The van der Waals surface area contributed by atoms with Gasteiger partial charge in [0.05, 0.1) is 11.4 Å². The highest BCUT2D eigenvalue weighted by Gasteiger charge is 2.45. The molecule has 0 aliphatic heterocycles. The van der Waals surface area contributed by atoms with E-state index in [4.69, 9.17) is 0 Å². The van der Waals surface area contributed by atoms with Crippen LogP contribution in [0.4, 0.5) is 51.2 Å². The van der Waals surface area contributed by atoms with Gasteiger partial charge in [0.15, 0.2) is 0 Å². The molecule has 23 rings (SSSR count). The van der Waals surface area contributed by atoms with E-state index < -0.39 is 0 Å². The Morgan fingerprint density at radius 2 is 0.466 bits per heavy atom. The van der Waals surface area contributed by atoms with Crippen molar-refractivity contribution in [3.05, 3.63) is 513 Å². The zero-order valence-corrected chi connectivity index (χ0v) is 74.9. The maximum Gasteiger partial charge on any atom is 0.0540 e. The fourth-order valence-electron chi connectivity index (χ4n) is 21.7. The molecule has 1 saturated carbocycles. The van der Waals surface area contributed by atoms with Gasteiger partial charge in [0, 0.05) is 67.2 Å². The second kappa shape index (κ2) is 36.0. The van der Waals surface area contributed by atoms with Crippen molar-refractivity contribution in [3.8, 4) is 111 Å². The molecule has 0 unspecified atom stereocenters. The topological polar surface area (TPSA) is 9.72 Å². The number of fused-ring (bicyclic) bond motifs is 11. The Kier molecular flexibility index (Phi) is 22.7. The van der Waals surface area contributed by atoms with Crippen LogP contribution in [0.25, 0.3) is 111 Å². The van der Waals surface area contributed by atoms with Gasteiger partial charge in [-0.3, -0.25) is 0 Å². The molecule has 131 heavy (non-hydrogen) atoms. The van der Waals surface area contributed by atoms with Crippen molar-refractivity contribution in [1.29, 1.82) is 0 Å².